The molecule has 0 bridgehead atoms. The minimum absolute atomic E-state index is 0.188. The lowest BCUT2D eigenvalue weighted by Crippen LogP contribution is -2.18. The van der Waals surface area contributed by atoms with Crippen molar-refractivity contribution in [2.75, 3.05) is 7.05 Å². The molecule has 0 unspecified atom stereocenters. The Labute approximate surface area is 95.0 Å². The van der Waals surface area contributed by atoms with Gasteiger partial charge in [-0.3, -0.25) is 9.48 Å². The van der Waals surface area contributed by atoms with Crippen LogP contribution in [-0.2, 0) is 6.54 Å². The van der Waals surface area contributed by atoms with Crippen LogP contribution in [0.25, 0.3) is 0 Å². The summed E-state index contributed by atoms with van der Waals surface area (Å²) in [6, 6.07) is 1.67. The van der Waals surface area contributed by atoms with Crippen molar-refractivity contribution in [3.05, 3.63) is 54.9 Å². The van der Waals surface area contributed by atoms with Crippen molar-refractivity contribution in [1.29, 1.82) is 0 Å². The van der Waals surface area contributed by atoms with Crippen molar-refractivity contribution in [1.82, 2.24) is 15.1 Å². The number of hydrogen-bond acceptors (Lipinski definition) is 2. The van der Waals surface area contributed by atoms with Crippen LogP contribution in [0, 0.1) is 0 Å². The largest absolute Gasteiger partial charge is 0.354 e. The zero-order chi connectivity index (χ0) is 12.0. The lowest BCUT2D eigenvalue weighted by Gasteiger charge is -2.01. The average Bonchev–Trinajstić information content (AvgIpc) is 2.76. The Morgan fingerprint density at radius 3 is 2.94 bits per heavy atom. The molecule has 1 aromatic rings. The van der Waals surface area contributed by atoms with Gasteiger partial charge in [-0.15, -0.1) is 0 Å². The molecule has 4 nitrogen and oxygen atoms in total. The van der Waals surface area contributed by atoms with Gasteiger partial charge in [0.15, 0.2) is 0 Å². The van der Waals surface area contributed by atoms with E-state index in [0.717, 1.165) is 5.57 Å². The molecule has 4 heteroatoms. The molecule has 0 aliphatic rings. The monoisotopic (exact) mass is 217 g/mol. The highest BCUT2D eigenvalue weighted by Crippen LogP contribution is 2.02. The maximum absolute atomic E-state index is 11.3. The summed E-state index contributed by atoms with van der Waals surface area (Å²) >= 11 is 0. The number of carbonyl (C=O) groups is 1. The van der Waals surface area contributed by atoms with E-state index in [1.165, 1.54) is 0 Å². The number of nitrogens with zero attached hydrogens (tertiary/aromatic N) is 2. The van der Waals surface area contributed by atoms with Crippen molar-refractivity contribution >= 4 is 5.91 Å². The predicted octanol–water partition coefficient (Wildman–Crippen LogP) is 1.54. The van der Waals surface area contributed by atoms with E-state index in [-0.39, 0.29) is 5.91 Å². The molecule has 84 valence electrons. The third-order valence-corrected chi connectivity index (χ3v) is 2.04. The number of hydrogen-bond donors (Lipinski definition) is 1. The maximum atomic E-state index is 11.3. The molecule has 1 heterocycles. The smallest absolute Gasteiger partial charge is 0.271 e. The zero-order valence-corrected chi connectivity index (χ0v) is 9.31. The van der Waals surface area contributed by atoms with E-state index < -0.39 is 0 Å². The van der Waals surface area contributed by atoms with Gasteiger partial charge in [-0.05, 0) is 11.6 Å². The second-order valence-corrected chi connectivity index (χ2v) is 3.16. The predicted molar refractivity (Wildman–Crippen MR) is 64.1 cm³/mol. The van der Waals surface area contributed by atoms with Crippen molar-refractivity contribution in [3.63, 3.8) is 0 Å². The molecule has 0 spiro atoms. The van der Waals surface area contributed by atoms with Crippen LogP contribution in [0.15, 0.2) is 49.2 Å². The van der Waals surface area contributed by atoms with Crippen molar-refractivity contribution in [2.45, 2.75) is 6.54 Å². The fourth-order valence-electron chi connectivity index (χ4n) is 1.22. The van der Waals surface area contributed by atoms with Gasteiger partial charge in [0.1, 0.15) is 5.69 Å². The number of amides is 1. The Morgan fingerprint density at radius 2 is 2.38 bits per heavy atom. The third kappa shape index (κ3) is 2.95. The quantitative estimate of drug-likeness (QED) is 0.760. The maximum Gasteiger partial charge on any atom is 0.271 e. The standard InChI is InChI=1S/C12H15N3O/c1-4-6-10(5-2)9-15-8-7-11(14-15)12(16)13-3/h4-8H,1-2,9H2,3H3,(H,13,16)/b10-6+. The van der Waals surface area contributed by atoms with Crippen molar-refractivity contribution in [3.8, 4) is 0 Å². The molecule has 1 rings (SSSR count). The van der Waals surface area contributed by atoms with Crippen LogP contribution in [-0.4, -0.2) is 22.7 Å². The zero-order valence-electron chi connectivity index (χ0n) is 9.31. The molecule has 0 aromatic carbocycles. The summed E-state index contributed by atoms with van der Waals surface area (Å²) in [5.74, 6) is -0.188. The SMILES string of the molecule is C=C/C=C(\C=C)Cn1ccc(C(=O)NC)n1. The van der Waals surface area contributed by atoms with Gasteiger partial charge in [0, 0.05) is 13.2 Å². The van der Waals surface area contributed by atoms with Gasteiger partial charge < -0.3 is 5.32 Å². The highest BCUT2D eigenvalue weighted by molar-refractivity contribution is 5.91. The van der Waals surface area contributed by atoms with Crippen LogP contribution in [0.3, 0.4) is 0 Å². The lowest BCUT2D eigenvalue weighted by atomic mass is 10.2. The number of rotatable bonds is 5. The van der Waals surface area contributed by atoms with E-state index in [1.807, 2.05) is 6.08 Å². The van der Waals surface area contributed by atoms with E-state index in [9.17, 15) is 4.79 Å². The van der Waals surface area contributed by atoms with E-state index >= 15 is 0 Å². The minimum atomic E-state index is -0.188. The fourth-order valence-corrected chi connectivity index (χ4v) is 1.22. The van der Waals surface area contributed by atoms with Gasteiger partial charge in [-0.25, -0.2) is 0 Å². The molecule has 1 N–H and O–H groups in total. The van der Waals surface area contributed by atoms with Gasteiger partial charge in [0.25, 0.3) is 5.91 Å². The van der Waals surface area contributed by atoms with E-state index in [2.05, 4.69) is 23.6 Å². The lowest BCUT2D eigenvalue weighted by molar-refractivity contribution is 0.0957. The fraction of sp³-hybridized carbons (Fsp3) is 0.167. The number of aromatic nitrogens is 2. The molecular formula is C12H15N3O. The second kappa shape index (κ2) is 5.70. The van der Waals surface area contributed by atoms with Gasteiger partial charge in [-0.1, -0.05) is 31.4 Å². The summed E-state index contributed by atoms with van der Waals surface area (Å²) in [5.41, 5.74) is 1.39. The van der Waals surface area contributed by atoms with Gasteiger partial charge in [0.2, 0.25) is 0 Å². The van der Waals surface area contributed by atoms with Crippen LogP contribution >= 0.6 is 0 Å². The van der Waals surface area contributed by atoms with Gasteiger partial charge in [0.05, 0.1) is 6.54 Å². The molecule has 0 aliphatic heterocycles. The highest BCUT2D eigenvalue weighted by Gasteiger charge is 2.06. The topological polar surface area (TPSA) is 46.9 Å². The second-order valence-electron chi connectivity index (χ2n) is 3.16. The summed E-state index contributed by atoms with van der Waals surface area (Å²) in [6.07, 6.45) is 7.04. The molecule has 0 saturated carbocycles. The Bertz CT molecular complexity index is 429. The van der Waals surface area contributed by atoms with Crippen molar-refractivity contribution < 1.29 is 4.79 Å². The first-order chi connectivity index (χ1) is 7.71. The van der Waals surface area contributed by atoms with E-state index in [1.54, 1.807) is 36.1 Å². The Morgan fingerprint density at radius 1 is 1.62 bits per heavy atom. The molecule has 1 aromatic heterocycles. The first kappa shape index (κ1) is 12.0. The van der Waals surface area contributed by atoms with Crippen LogP contribution < -0.4 is 5.32 Å². The summed E-state index contributed by atoms with van der Waals surface area (Å²) < 4.78 is 1.68. The average molecular weight is 217 g/mol. The molecule has 0 atom stereocenters. The minimum Gasteiger partial charge on any atom is -0.354 e. The highest BCUT2D eigenvalue weighted by atomic mass is 16.1. The van der Waals surface area contributed by atoms with Crippen LogP contribution in [0.5, 0.6) is 0 Å². The molecule has 1 amide bonds. The Kier molecular flexibility index (Phi) is 4.27. The van der Waals surface area contributed by atoms with Crippen LogP contribution in [0.4, 0.5) is 0 Å². The summed E-state index contributed by atoms with van der Waals surface area (Å²) in [6.45, 7) is 7.89. The first-order valence-corrected chi connectivity index (χ1v) is 4.90. The van der Waals surface area contributed by atoms with Crippen molar-refractivity contribution in [2.24, 2.45) is 0 Å². The normalized spacial score (nSPS) is 10.9. The Balaban J connectivity index is 2.79. The molecule has 0 fully saturated rings. The Hall–Kier alpha value is -2.10. The summed E-state index contributed by atoms with van der Waals surface area (Å²) in [5, 5.41) is 6.65. The van der Waals surface area contributed by atoms with E-state index in [0.29, 0.717) is 12.2 Å². The molecule has 0 saturated heterocycles. The van der Waals surface area contributed by atoms with Gasteiger partial charge >= 0.3 is 0 Å². The van der Waals surface area contributed by atoms with Crippen LogP contribution in [0.1, 0.15) is 10.5 Å². The summed E-state index contributed by atoms with van der Waals surface area (Å²) in [7, 11) is 1.58. The summed E-state index contributed by atoms with van der Waals surface area (Å²) in [4.78, 5) is 11.3. The molecular weight excluding hydrogens is 202 g/mol. The number of nitrogens with one attached hydrogen (secondary N) is 1. The van der Waals surface area contributed by atoms with Crippen LogP contribution in [0.2, 0.25) is 0 Å². The molecule has 16 heavy (non-hydrogen) atoms. The third-order valence-electron chi connectivity index (χ3n) is 2.04. The number of allylic oxidation sites excluding steroid dienone is 4. The molecule has 0 radical (unpaired) electrons. The van der Waals surface area contributed by atoms with E-state index in [4.69, 9.17) is 0 Å². The van der Waals surface area contributed by atoms with Gasteiger partial charge in [-0.2, -0.15) is 5.10 Å². The molecule has 0 aliphatic carbocycles. The first-order valence-electron chi connectivity index (χ1n) is 4.90. The number of carbonyl (C=O) groups excluding carboxylic acids is 1.